The number of benzene rings is 4. The minimum absolute atomic E-state index is 0.274. The summed E-state index contributed by atoms with van der Waals surface area (Å²) in [6, 6.07) is 20.6. The molecule has 8 rings (SSSR count). The van der Waals surface area contributed by atoms with E-state index in [-0.39, 0.29) is 11.1 Å². The first-order valence-electron chi connectivity index (χ1n) is 19.6. The minimum Gasteiger partial charge on any atom is -0.493 e. The lowest BCUT2D eigenvalue weighted by Gasteiger charge is -2.26. The van der Waals surface area contributed by atoms with Crippen LogP contribution in [-0.2, 0) is 0 Å². The summed E-state index contributed by atoms with van der Waals surface area (Å²) in [5.41, 5.74) is 3.77. The molecule has 0 aliphatic carbocycles. The van der Waals surface area contributed by atoms with Crippen LogP contribution < -0.4 is 40.3 Å². The number of rotatable bonds is 15. The summed E-state index contributed by atoms with van der Waals surface area (Å²) in [5, 5.41) is 12.4. The maximum absolute atomic E-state index is 14.7. The van der Waals surface area contributed by atoms with Gasteiger partial charge in [0.15, 0.2) is 23.0 Å². The Kier molecular flexibility index (Phi) is 11.5. The average Bonchev–Trinajstić information content (AvgIpc) is 3.80. The van der Waals surface area contributed by atoms with E-state index in [1.54, 1.807) is 28.4 Å². The van der Waals surface area contributed by atoms with Crippen molar-refractivity contribution >= 4 is 92.8 Å². The van der Waals surface area contributed by atoms with Gasteiger partial charge in [-0.05, 0) is 67.4 Å². The van der Waals surface area contributed by atoms with Gasteiger partial charge in [-0.25, -0.2) is 19.3 Å². The van der Waals surface area contributed by atoms with Crippen molar-refractivity contribution in [1.82, 2.24) is 29.5 Å². The summed E-state index contributed by atoms with van der Waals surface area (Å²) in [5.74, 6) is 2.97. The largest absolute Gasteiger partial charge is 0.493 e. The molecule has 0 spiro atoms. The van der Waals surface area contributed by atoms with Gasteiger partial charge in [-0.15, -0.1) is 0 Å². The third-order valence-corrected chi connectivity index (χ3v) is 11.6. The lowest BCUT2D eigenvalue weighted by molar-refractivity contribution is 0.356. The second kappa shape index (κ2) is 16.9. The van der Waals surface area contributed by atoms with E-state index in [0.29, 0.717) is 113 Å². The van der Waals surface area contributed by atoms with Crippen molar-refractivity contribution in [3.8, 4) is 34.4 Å². The number of nitrogens with one attached hydrogen (secondary N) is 3. The SMILES string of the molecule is CCCCNc1nc2cc(OC)c(OC)cc2c2[nH]n(-c3cc(Br)cc(N(CCCC)c4nc5cc(OC)c(OC)cc5c5[nH]n(-c6ccc(Br)cc6)c(=O)c45)c3)c(=O)c12. The van der Waals surface area contributed by atoms with Crippen LogP contribution >= 0.6 is 31.9 Å². The molecule has 4 aromatic carbocycles. The van der Waals surface area contributed by atoms with Crippen LogP contribution in [0.2, 0.25) is 0 Å². The smallest absolute Gasteiger partial charge is 0.282 e. The van der Waals surface area contributed by atoms with Crippen LogP contribution in [0.4, 0.5) is 17.3 Å². The molecule has 4 aromatic heterocycles. The van der Waals surface area contributed by atoms with Gasteiger partial charge < -0.3 is 29.2 Å². The van der Waals surface area contributed by atoms with E-state index in [2.05, 4.69) is 61.2 Å². The first-order chi connectivity index (χ1) is 29.1. The van der Waals surface area contributed by atoms with Crippen LogP contribution in [0.5, 0.6) is 23.0 Å². The fourth-order valence-corrected chi connectivity index (χ4v) is 8.27. The number of unbranched alkanes of at least 4 members (excludes halogenated alkanes) is 2. The molecule has 0 aliphatic rings. The number of hydrogen-bond donors (Lipinski definition) is 3. The number of methoxy groups -OCH3 is 4. The molecule has 14 nitrogen and oxygen atoms in total. The Morgan fingerprint density at radius 2 is 1.20 bits per heavy atom. The van der Waals surface area contributed by atoms with E-state index in [4.69, 9.17) is 28.9 Å². The molecule has 16 heteroatoms. The normalized spacial score (nSPS) is 11.5. The lowest BCUT2D eigenvalue weighted by atomic mass is 10.1. The number of hydrogen-bond acceptors (Lipinski definition) is 10. The average molecular weight is 941 g/mol. The number of H-pyrrole nitrogens is 2. The molecule has 0 unspecified atom stereocenters. The standard InChI is InChI=1S/C44H44Br2N8O6/c1-7-9-15-47-41-37-39(29-20-33(57-3)35(59-5)22-31(29)48-41)50-54(43(37)55)28-18-25(46)17-27(19-28)52(16-10-8-2)42-38-40(30-21-34(58-4)36(60-6)23-32(30)49-42)51-53(44(38)56)26-13-11-24(45)12-14-26/h11-14,17-23,50-51H,7-10,15-16H2,1-6H3,(H,47,48). The molecule has 310 valence electrons. The third-order valence-electron chi connectivity index (χ3n) is 10.6. The highest BCUT2D eigenvalue weighted by Gasteiger charge is 2.26. The number of fused-ring (bicyclic) bond motifs is 6. The lowest BCUT2D eigenvalue weighted by Crippen LogP contribution is -2.23. The van der Waals surface area contributed by atoms with Crippen LogP contribution in [0.1, 0.15) is 39.5 Å². The fourth-order valence-electron chi connectivity index (χ4n) is 7.54. The molecule has 0 bridgehead atoms. The zero-order valence-corrected chi connectivity index (χ0v) is 37.2. The molecule has 0 radical (unpaired) electrons. The molecule has 8 aromatic rings. The molecule has 0 saturated carbocycles. The van der Waals surface area contributed by atoms with Gasteiger partial charge >= 0.3 is 0 Å². The van der Waals surface area contributed by atoms with Gasteiger partial charge in [0.05, 0.1) is 61.9 Å². The molecule has 0 fully saturated rings. The van der Waals surface area contributed by atoms with Gasteiger partial charge in [0.25, 0.3) is 11.1 Å². The first kappa shape index (κ1) is 40.8. The summed E-state index contributed by atoms with van der Waals surface area (Å²) in [7, 11) is 6.31. The number of aromatic nitrogens is 6. The molecule has 0 saturated heterocycles. The zero-order chi connectivity index (χ0) is 42.2. The molecule has 4 heterocycles. The van der Waals surface area contributed by atoms with Crippen molar-refractivity contribution in [1.29, 1.82) is 0 Å². The predicted octanol–water partition coefficient (Wildman–Crippen LogP) is 9.76. The minimum atomic E-state index is -0.285. The Morgan fingerprint density at radius 1 is 0.650 bits per heavy atom. The number of halogens is 2. The van der Waals surface area contributed by atoms with Crippen LogP contribution in [0.25, 0.3) is 55.0 Å². The van der Waals surface area contributed by atoms with E-state index < -0.39 is 0 Å². The van der Waals surface area contributed by atoms with Gasteiger partial charge in [0.2, 0.25) is 0 Å². The third kappa shape index (κ3) is 7.21. The fraction of sp³-hybridized carbons (Fsp3) is 0.273. The second-order valence-corrected chi connectivity index (χ2v) is 16.1. The van der Waals surface area contributed by atoms with Gasteiger partial charge in [0.1, 0.15) is 22.4 Å². The Balaban J connectivity index is 1.37. The predicted molar refractivity (Wildman–Crippen MR) is 245 cm³/mol. The van der Waals surface area contributed by atoms with Crippen molar-refractivity contribution in [2.45, 2.75) is 39.5 Å². The van der Waals surface area contributed by atoms with Crippen molar-refractivity contribution in [2.24, 2.45) is 0 Å². The highest BCUT2D eigenvalue weighted by Crippen LogP contribution is 2.40. The van der Waals surface area contributed by atoms with Crippen LogP contribution in [0.3, 0.4) is 0 Å². The van der Waals surface area contributed by atoms with E-state index in [1.165, 1.54) is 9.36 Å². The first-order valence-corrected chi connectivity index (χ1v) is 21.2. The second-order valence-electron chi connectivity index (χ2n) is 14.3. The van der Waals surface area contributed by atoms with Crippen molar-refractivity contribution in [2.75, 3.05) is 51.7 Å². The Bertz CT molecular complexity index is 3030. The summed E-state index contributed by atoms with van der Waals surface area (Å²) in [4.78, 5) is 41.5. The van der Waals surface area contributed by atoms with Crippen LogP contribution in [-0.4, -0.2) is 71.1 Å². The molecule has 0 aliphatic heterocycles. The maximum atomic E-state index is 14.7. The summed E-state index contributed by atoms with van der Waals surface area (Å²) in [6.45, 7) is 5.38. The maximum Gasteiger partial charge on any atom is 0.282 e. The van der Waals surface area contributed by atoms with Crippen molar-refractivity contribution in [3.63, 3.8) is 0 Å². The van der Waals surface area contributed by atoms with Gasteiger partial charge in [-0.2, -0.15) is 0 Å². The summed E-state index contributed by atoms with van der Waals surface area (Å²) < 4.78 is 27.3. The van der Waals surface area contributed by atoms with E-state index in [9.17, 15) is 9.59 Å². The van der Waals surface area contributed by atoms with Crippen molar-refractivity contribution in [3.05, 3.63) is 96.4 Å². The number of pyridine rings is 2. The van der Waals surface area contributed by atoms with Gasteiger partial charge in [-0.1, -0.05) is 58.5 Å². The molecule has 0 amide bonds. The molecule has 0 atom stereocenters. The number of aromatic amines is 2. The quantitative estimate of drug-likeness (QED) is 0.0847. The summed E-state index contributed by atoms with van der Waals surface area (Å²) in [6.07, 6.45) is 3.53. The van der Waals surface area contributed by atoms with Crippen LogP contribution in [0.15, 0.2) is 85.3 Å². The molecule has 3 N–H and O–H groups in total. The number of anilines is 3. The monoisotopic (exact) mass is 938 g/mol. The van der Waals surface area contributed by atoms with E-state index in [0.717, 1.165) is 30.2 Å². The van der Waals surface area contributed by atoms with Gasteiger partial charge in [0, 0.05) is 50.6 Å². The molecular formula is C44H44Br2N8O6. The Morgan fingerprint density at radius 3 is 1.80 bits per heavy atom. The van der Waals surface area contributed by atoms with E-state index >= 15 is 0 Å². The zero-order valence-electron chi connectivity index (χ0n) is 34.0. The number of nitrogens with zero attached hydrogens (tertiary/aromatic N) is 5. The highest BCUT2D eigenvalue weighted by atomic mass is 79.9. The topological polar surface area (TPSA) is 154 Å². The molecular weight excluding hydrogens is 896 g/mol. The Labute approximate surface area is 361 Å². The van der Waals surface area contributed by atoms with E-state index in [1.807, 2.05) is 71.6 Å². The molecule has 60 heavy (non-hydrogen) atoms. The van der Waals surface area contributed by atoms with Gasteiger partial charge in [-0.3, -0.25) is 19.8 Å². The summed E-state index contributed by atoms with van der Waals surface area (Å²) >= 11 is 7.27. The Hall–Kier alpha value is -6.00. The highest BCUT2D eigenvalue weighted by molar-refractivity contribution is 9.10. The number of ether oxygens (including phenoxy) is 4. The van der Waals surface area contributed by atoms with Crippen LogP contribution in [0, 0.1) is 0 Å². The van der Waals surface area contributed by atoms with Crippen molar-refractivity contribution < 1.29 is 18.9 Å².